The third kappa shape index (κ3) is 3.53. The van der Waals surface area contributed by atoms with Crippen molar-refractivity contribution in [1.29, 1.82) is 0 Å². The predicted molar refractivity (Wildman–Crippen MR) is 94.8 cm³/mol. The van der Waals surface area contributed by atoms with E-state index in [4.69, 9.17) is 4.42 Å². The van der Waals surface area contributed by atoms with Gasteiger partial charge < -0.3 is 9.15 Å². The van der Waals surface area contributed by atoms with Crippen LogP contribution in [0.3, 0.4) is 0 Å². The Morgan fingerprint density at radius 2 is 2.04 bits per heavy atom. The lowest BCUT2D eigenvalue weighted by Gasteiger charge is -2.29. The summed E-state index contributed by atoms with van der Waals surface area (Å²) in [5.74, 6) is 0.726. The summed E-state index contributed by atoms with van der Waals surface area (Å²) in [4.78, 5) is 11.9. The van der Waals surface area contributed by atoms with E-state index in [2.05, 4.69) is 14.9 Å². The number of nitrogens with zero attached hydrogens (tertiary/aromatic N) is 3. The number of sulfonamides is 1. The Hall–Kier alpha value is -1.78. The number of rotatable bonds is 5. The zero-order chi connectivity index (χ0) is 18.9. The van der Waals surface area contributed by atoms with Crippen LogP contribution in [0.25, 0.3) is 0 Å². The molecule has 0 N–H and O–H groups in total. The van der Waals surface area contributed by atoms with E-state index in [0.717, 1.165) is 11.3 Å². The number of piperidine rings is 1. The van der Waals surface area contributed by atoms with Gasteiger partial charge in [-0.3, -0.25) is 0 Å². The van der Waals surface area contributed by atoms with E-state index in [1.807, 2.05) is 13.8 Å². The summed E-state index contributed by atoms with van der Waals surface area (Å²) in [6, 6.07) is 1.45. The molecule has 0 radical (unpaired) electrons. The Bertz CT molecular complexity index is 879. The maximum Gasteiger partial charge on any atom is 0.349 e. The molecular weight excluding hydrogens is 378 g/mol. The van der Waals surface area contributed by atoms with Crippen LogP contribution in [0.5, 0.6) is 0 Å². The largest absolute Gasteiger partial charge is 0.465 e. The molecule has 0 aliphatic carbocycles. The van der Waals surface area contributed by atoms with Gasteiger partial charge in [-0.2, -0.15) is 4.31 Å². The van der Waals surface area contributed by atoms with Gasteiger partial charge in [0.1, 0.15) is 9.77 Å². The fourth-order valence-corrected chi connectivity index (χ4v) is 5.65. The monoisotopic (exact) mass is 399 g/mol. The molecule has 2 aromatic heterocycles. The van der Waals surface area contributed by atoms with E-state index in [-0.39, 0.29) is 21.6 Å². The van der Waals surface area contributed by atoms with Gasteiger partial charge in [-0.1, -0.05) is 13.8 Å². The average Bonchev–Trinajstić information content (AvgIpc) is 3.31. The van der Waals surface area contributed by atoms with E-state index in [9.17, 15) is 13.2 Å². The zero-order valence-corrected chi connectivity index (χ0v) is 16.5. The highest BCUT2D eigenvalue weighted by molar-refractivity contribution is 7.89. The first kappa shape index (κ1) is 19.0. The van der Waals surface area contributed by atoms with Crippen LogP contribution in [-0.2, 0) is 14.8 Å². The fourth-order valence-electron chi connectivity index (χ4n) is 2.87. The lowest BCUT2D eigenvalue weighted by atomic mass is 9.98. The third-order valence-corrected chi connectivity index (χ3v) is 7.34. The normalized spacial score (nSPS) is 16.9. The first-order valence-corrected chi connectivity index (χ1v) is 10.7. The summed E-state index contributed by atoms with van der Waals surface area (Å²) in [7, 11) is -2.51. The van der Waals surface area contributed by atoms with Crippen molar-refractivity contribution in [2.24, 2.45) is 0 Å². The third-order valence-electron chi connectivity index (χ3n) is 4.37. The van der Waals surface area contributed by atoms with Crippen LogP contribution in [0.1, 0.15) is 60.0 Å². The van der Waals surface area contributed by atoms with Crippen LogP contribution in [0.4, 0.5) is 0 Å². The number of aromatic nitrogens is 2. The van der Waals surface area contributed by atoms with Crippen molar-refractivity contribution in [3.63, 3.8) is 0 Å². The van der Waals surface area contributed by atoms with Gasteiger partial charge in [0.25, 0.3) is 0 Å². The van der Waals surface area contributed by atoms with Crippen molar-refractivity contribution in [1.82, 2.24) is 14.5 Å². The van der Waals surface area contributed by atoms with Crippen LogP contribution in [0, 0.1) is 0 Å². The van der Waals surface area contributed by atoms with E-state index < -0.39 is 16.0 Å². The summed E-state index contributed by atoms with van der Waals surface area (Å²) >= 11 is 1.06. The maximum atomic E-state index is 12.9. The Kier molecular flexibility index (Phi) is 5.44. The van der Waals surface area contributed by atoms with Gasteiger partial charge in [-0.05, 0) is 24.3 Å². The molecular formula is C16H21N3O5S2. The second kappa shape index (κ2) is 7.45. The van der Waals surface area contributed by atoms with Crippen molar-refractivity contribution in [3.8, 4) is 0 Å². The van der Waals surface area contributed by atoms with Crippen LogP contribution >= 0.6 is 11.3 Å². The molecule has 2 aromatic rings. The van der Waals surface area contributed by atoms with Crippen molar-refractivity contribution >= 4 is 27.3 Å². The zero-order valence-electron chi connectivity index (χ0n) is 14.8. The Morgan fingerprint density at radius 3 is 2.62 bits per heavy atom. The molecule has 3 heterocycles. The molecule has 3 rings (SSSR count). The molecule has 1 aliphatic rings. The van der Waals surface area contributed by atoms with Gasteiger partial charge in [-0.15, -0.1) is 21.5 Å². The number of carbonyl (C=O) groups excluding carboxylic acids is 1. The lowest BCUT2D eigenvalue weighted by Crippen LogP contribution is -2.38. The van der Waals surface area contributed by atoms with Crippen molar-refractivity contribution < 1.29 is 22.4 Å². The molecule has 1 fully saturated rings. The van der Waals surface area contributed by atoms with Crippen molar-refractivity contribution in [2.75, 3.05) is 20.2 Å². The second-order valence-electron chi connectivity index (χ2n) is 6.42. The molecule has 142 valence electrons. The minimum Gasteiger partial charge on any atom is -0.465 e. The number of hydrogen-bond donors (Lipinski definition) is 0. The number of ether oxygens (including phenoxy) is 1. The molecule has 1 saturated heterocycles. The summed E-state index contributed by atoms with van der Waals surface area (Å²) in [5, 5.41) is 9.72. The van der Waals surface area contributed by atoms with E-state index >= 15 is 0 Å². The molecule has 8 nitrogen and oxygen atoms in total. The minimum atomic E-state index is -3.74. The SMILES string of the molecule is COC(=O)c1sccc1S(=O)(=O)N1CCC(c2nnc(C(C)C)o2)CC1. The quantitative estimate of drug-likeness (QED) is 0.712. The Labute approximate surface area is 156 Å². The molecule has 0 amide bonds. The van der Waals surface area contributed by atoms with E-state index in [1.54, 1.807) is 5.38 Å². The number of hydrogen-bond acceptors (Lipinski definition) is 8. The Morgan fingerprint density at radius 1 is 1.35 bits per heavy atom. The molecule has 1 aliphatic heterocycles. The first-order valence-electron chi connectivity index (χ1n) is 8.33. The molecule has 10 heteroatoms. The van der Waals surface area contributed by atoms with Crippen molar-refractivity contribution in [3.05, 3.63) is 28.1 Å². The molecule has 0 saturated carbocycles. The summed E-state index contributed by atoms with van der Waals surface area (Å²) in [6.07, 6.45) is 1.19. The first-order chi connectivity index (χ1) is 12.3. The highest BCUT2D eigenvalue weighted by Gasteiger charge is 2.35. The fraction of sp³-hybridized carbons (Fsp3) is 0.562. The molecule has 0 unspecified atom stereocenters. The van der Waals surface area contributed by atoms with Crippen LogP contribution in [0.15, 0.2) is 20.8 Å². The number of thiophene rings is 1. The maximum absolute atomic E-state index is 12.9. The van der Waals surface area contributed by atoms with Crippen LogP contribution < -0.4 is 0 Å². The van der Waals surface area contributed by atoms with Gasteiger partial charge in [-0.25, -0.2) is 13.2 Å². The lowest BCUT2D eigenvalue weighted by molar-refractivity contribution is 0.0602. The minimum absolute atomic E-state index is 0.00712. The molecule has 0 bridgehead atoms. The van der Waals surface area contributed by atoms with Gasteiger partial charge in [0.15, 0.2) is 0 Å². The molecule has 26 heavy (non-hydrogen) atoms. The number of methoxy groups -OCH3 is 1. The molecule has 0 spiro atoms. The topological polar surface area (TPSA) is 103 Å². The number of esters is 1. The summed E-state index contributed by atoms with van der Waals surface area (Å²) < 4.78 is 37.6. The molecule has 0 aromatic carbocycles. The van der Waals surface area contributed by atoms with E-state index in [1.165, 1.54) is 17.5 Å². The van der Waals surface area contributed by atoms with Gasteiger partial charge in [0, 0.05) is 24.9 Å². The van der Waals surface area contributed by atoms with Gasteiger partial charge in [0.05, 0.1) is 7.11 Å². The van der Waals surface area contributed by atoms with E-state index in [0.29, 0.717) is 37.7 Å². The second-order valence-corrected chi connectivity index (χ2v) is 9.24. The molecule has 0 atom stereocenters. The van der Waals surface area contributed by atoms with Gasteiger partial charge in [0.2, 0.25) is 21.8 Å². The predicted octanol–water partition coefficient (Wildman–Crippen LogP) is 2.61. The summed E-state index contributed by atoms with van der Waals surface area (Å²) in [5.41, 5.74) is 0. The highest BCUT2D eigenvalue weighted by atomic mass is 32.2. The average molecular weight is 399 g/mol. The smallest absolute Gasteiger partial charge is 0.349 e. The van der Waals surface area contributed by atoms with Crippen LogP contribution in [-0.4, -0.2) is 49.1 Å². The standard InChI is InChI=1S/C16H21N3O5S2/c1-10(2)14-17-18-15(24-14)11-4-7-19(8-5-11)26(21,22)12-6-9-25-13(12)16(20)23-3/h6,9-11H,4-5,7-8H2,1-3H3. The van der Waals surface area contributed by atoms with Crippen LogP contribution in [0.2, 0.25) is 0 Å². The number of carbonyl (C=O) groups is 1. The highest BCUT2D eigenvalue weighted by Crippen LogP contribution is 2.32. The Balaban J connectivity index is 1.73. The van der Waals surface area contributed by atoms with Gasteiger partial charge >= 0.3 is 5.97 Å². The van der Waals surface area contributed by atoms with Crippen molar-refractivity contribution in [2.45, 2.75) is 43.4 Å². The summed E-state index contributed by atoms with van der Waals surface area (Å²) in [6.45, 7) is 4.63.